The number of anilines is 1. The summed E-state index contributed by atoms with van der Waals surface area (Å²) in [5.41, 5.74) is 5.96. The van der Waals surface area contributed by atoms with Crippen LogP contribution in [0.4, 0.5) is 5.69 Å². The second-order valence-corrected chi connectivity index (χ2v) is 5.86. The van der Waals surface area contributed by atoms with Gasteiger partial charge in [0.1, 0.15) is 5.69 Å². The fraction of sp³-hybridized carbons (Fsp3) is 0.188. The Labute approximate surface area is 122 Å². The molecule has 3 nitrogen and oxygen atoms in total. The highest BCUT2D eigenvalue weighted by atomic mass is 32.1. The Kier molecular flexibility index (Phi) is 3.56. The molecule has 0 aliphatic carbocycles. The topological polar surface area (TPSA) is 40.7 Å². The van der Waals surface area contributed by atoms with Crippen molar-refractivity contribution in [2.24, 2.45) is 0 Å². The Morgan fingerprint density at radius 3 is 2.90 bits per heavy atom. The van der Waals surface area contributed by atoms with Crippen LogP contribution in [0.3, 0.4) is 0 Å². The summed E-state index contributed by atoms with van der Waals surface area (Å²) in [5, 5.41) is 12.9. The Morgan fingerprint density at radius 1 is 1.25 bits per heavy atom. The van der Waals surface area contributed by atoms with Crippen LogP contribution in [-0.2, 0) is 6.54 Å². The summed E-state index contributed by atoms with van der Waals surface area (Å²) < 4.78 is 0. The van der Waals surface area contributed by atoms with Crippen molar-refractivity contribution in [3.05, 3.63) is 58.6 Å². The third kappa shape index (κ3) is 2.60. The molecule has 102 valence electrons. The molecule has 0 saturated carbocycles. The zero-order chi connectivity index (χ0) is 13.9. The van der Waals surface area contributed by atoms with Crippen LogP contribution in [0.1, 0.15) is 16.7 Å². The number of nitrogens with zero attached hydrogens (tertiary/aromatic N) is 1. The highest BCUT2D eigenvalue weighted by molar-refractivity contribution is 7.13. The summed E-state index contributed by atoms with van der Waals surface area (Å²) in [4.78, 5) is 1.20. The molecule has 0 fully saturated rings. The number of thiophene rings is 1. The second kappa shape index (κ2) is 5.51. The van der Waals surface area contributed by atoms with Gasteiger partial charge in [-0.2, -0.15) is 5.10 Å². The van der Waals surface area contributed by atoms with Crippen LogP contribution in [0.25, 0.3) is 10.6 Å². The first kappa shape index (κ1) is 12.9. The van der Waals surface area contributed by atoms with Crippen LogP contribution in [0.15, 0.2) is 41.9 Å². The van der Waals surface area contributed by atoms with E-state index in [9.17, 15) is 0 Å². The zero-order valence-corrected chi connectivity index (χ0v) is 12.4. The molecular weight excluding hydrogens is 266 g/mol. The van der Waals surface area contributed by atoms with Crippen LogP contribution in [0, 0.1) is 13.8 Å². The number of benzene rings is 1. The molecule has 2 heterocycles. The van der Waals surface area contributed by atoms with E-state index in [1.165, 1.54) is 27.3 Å². The van der Waals surface area contributed by atoms with E-state index in [1.54, 1.807) is 11.3 Å². The number of aromatic amines is 1. The van der Waals surface area contributed by atoms with Gasteiger partial charge in [-0.05, 0) is 36.9 Å². The van der Waals surface area contributed by atoms with Crippen molar-refractivity contribution in [2.45, 2.75) is 20.4 Å². The molecule has 0 atom stereocenters. The number of aryl methyl sites for hydroxylation is 2. The average molecular weight is 283 g/mol. The van der Waals surface area contributed by atoms with Gasteiger partial charge in [0.2, 0.25) is 0 Å². The van der Waals surface area contributed by atoms with Crippen LogP contribution in [0.2, 0.25) is 0 Å². The monoisotopic (exact) mass is 283 g/mol. The van der Waals surface area contributed by atoms with Crippen LogP contribution >= 0.6 is 11.3 Å². The van der Waals surface area contributed by atoms with E-state index in [4.69, 9.17) is 0 Å². The molecule has 0 radical (unpaired) electrons. The normalized spacial score (nSPS) is 10.7. The third-order valence-electron chi connectivity index (χ3n) is 3.33. The molecule has 0 aliphatic rings. The highest BCUT2D eigenvalue weighted by Gasteiger charge is 2.09. The molecule has 0 amide bonds. The van der Waals surface area contributed by atoms with Crippen molar-refractivity contribution in [3.63, 3.8) is 0 Å². The van der Waals surface area contributed by atoms with E-state index in [1.807, 2.05) is 6.20 Å². The van der Waals surface area contributed by atoms with E-state index < -0.39 is 0 Å². The number of nitrogens with one attached hydrogen (secondary N) is 2. The molecule has 0 spiro atoms. The van der Waals surface area contributed by atoms with Crippen molar-refractivity contribution in [1.29, 1.82) is 0 Å². The molecule has 2 N–H and O–H groups in total. The first-order valence-electron chi connectivity index (χ1n) is 6.61. The van der Waals surface area contributed by atoms with E-state index in [-0.39, 0.29) is 0 Å². The standard InChI is InChI=1S/C16H17N3S/c1-11-5-6-14(12(2)8-11)17-9-13-10-18-19-16(13)15-4-3-7-20-15/h3-8,10,17H,9H2,1-2H3,(H,18,19). The van der Waals surface area contributed by atoms with Gasteiger partial charge in [-0.3, -0.25) is 5.10 Å². The number of hydrogen-bond donors (Lipinski definition) is 2. The Morgan fingerprint density at radius 2 is 2.15 bits per heavy atom. The van der Waals surface area contributed by atoms with E-state index >= 15 is 0 Å². The predicted molar refractivity (Wildman–Crippen MR) is 85.1 cm³/mol. The SMILES string of the molecule is Cc1ccc(NCc2c[nH]nc2-c2cccs2)c(C)c1. The summed E-state index contributed by atoms with van der Waals surface area (Å²) in [6, 6.07) is 10.6. The van der Waals surface area contributed by atoms with Crippen molar-refractivity contribution in [3.8, 4) is 10.6 Å². The lowest BCUT2D eigenvalue weighted by atomic mass is 10.1. The van der Waals surface area contributed by atoms with E-state index in [2.05, 4.69) is 65.1 Å². The molecule has 3 rings (SSSR count). The van der Waals surface area contributed by atoms with Crippen molar-refractivity contribution < 1.29 is 0 Å². The molecule has 0 bridgehead atoms. The largest absolute Gasteiger partial charge is 0.381 e. The number of aromatic nitrogens is 2. The van der Waals surface area contributed by atoms with Crippen LogP contribution in [-0.4, -0.2) is 10.2 Å². The molecule has 0 aliphatic heterocycles. The molecule has 20 heavy (non-hydrogen) atoms. The smallest absolute Gasteiger partial charge is 0.107 e. The Hall–Kier alpha value is -2.07. The average Bonchev–Trinajstić information content (AvgIpc) is 3.08. The third-order valence-corrected chi connectivity index (χ3v) is 4.20. The highest BCUT2D eigenvalue weighted by Crippen LogP contribution is 2.26. The Bertz CT molecular complexity index is 698. The first-order valence-corrected chi connectivity index (χ1v) is 7.49. The van der Waals surface area contributed by atoms with E-state index in [0.717, 1.165) is 12.2 Å². The fourth-order valence-electron chi connectivity index (χ4n) is 2.28. The maximum atomic E-state index is 4.35. The van der Waals surface area contributed by atoms with E-state index in [0.29, 0.717) is 0 Å². The molecule has 0 saturated heterocycles. The predicted octanol–water partition coefficient (Wildman–Crippen LogP) is 4.37. The summed E-state index contributed by atoms with van der Waals surface area (Å²) in [7, 11) is 0. The lowest BCUT2D eigenvalue weighted by molar-refractivity contribution is 1.10. The van der Waals surface area contributed by atoms with Crippen LogP contribution in [0.5, 0.6) is 0 Å². The lowest BCUT2D eigenvalue weighted by Gasteiger charge is -2.10. The van der Waals surface area contributed by atoms with Crippen molar-refractivity contribution >= 4 is 17.0 Å². The fourth-order valence-corrected chi connectivity index (χ4v) is 3.03. The van der Waals surface area contributed by atoms with Gasteiger partial charge >= 0.3 is 0 Å². The molecule has 2 aromatic heterocycles. The molecule has 4 heteroatoms. The maximum absolute atomic E-state index is 4.35. The van der Waals surface area contributed by atoms with Crippen molar-refractivity contribution in [1.82, 2.24) is 10.2 Å². The van der Waals surface area contributed by atoms with Gasteiger partial charge in [0, 0.05) is 24.0 Å². The molecule has 3 aromatic rings. The van der Waals surface area contributed by atoms with Gasteiger partial charge in [-0.25, -0.2) is 0 Å². The number of rotatable bonds is 4. The second-order valence-electron chi connectivity index (χ2n) is 4.91. The summed E-state index contributed by atoms with van der Waals surface area (Å²) in [6.45, 7) is 5.01. The first-order chi connectivity index (χ1) is 9.74. The van der Waals surface area contributed by atoms with Gasteiger partial charge in [0.25, 0.3) is 0 Å². The van der Waals surface area contributed by atoms with Crippen molar-refractivity contribution in [2.75, 3.05) is 5.32 Å². The number of H-pyrrole nitrogens is 1. The minimum absolute atomic E-state index is 0.771. The van der Waals surface area contributed by atoms with Gasteiger partial charge in [-0.1, -0.05) is 23.8 Å². The minimum atomic E-state index is 0.771. The maximum Gasteiger partial charge on any atom is 0.107 e. The lowest BCUT2D eigenvalue weighted by Crippen LogP contribution is -2.01. The zero-order valence-electron chi connectivity index (χ0n) is 11.6. The van der Waals surface area contributed by atoms with Gasteiger partial charge in [-0.15, -0.1) is 11.3 Å². The summed E-state index contributed by atoms with van der Waals surface area (Å²) >= 11 is 1.71. The molecular formula is C16H17N3S. The number of hydrogen-bond acceptors (Lipinski definition) is 3. The minimum Gasteiger partial charge on any atom is -0.381 e. The van der Waals surface area contributed by atoms with Gasteiger partial charge in [0.15, 0.2) is 0 Å². The van der Waals surface area contributed by atoms with Crippen LogP contribution < -0.4 is 5.32 Å². The quantitative estimate of drug-likeness (QED) is 0.746. The van der Waals surface area contributed by atoms with Gasteiger partial charge < -0.3 is 5.32 Å². The molecule has 1 aromatic carbocycles. The Balaban J connectivity index is 1.78. The molecule has 0 unspecified atom stereocenters. The van der Waals surface area contributed by atoms with Gasteiger partial charge in [0.05, 0.1) is 4.88 Å². The summed E-state index contributed by atoms with van der Waals surface area (Å²) in [5.74, 6) is 0. The summed E-state index contributed by atoms with van der Waals surface area (Å²) in [6.07, 6.45) is 1.96.